The van der Waals surface area contributed by atoms with Crippen LogP contribution in [-0.4, -0.2) is 62.4 Å². The van der Waals surface area contributed by atoms with Crippen LogP contribution in [0.2, 0.25) is 0 Å². The van der Waals surface area contributed by atoms with E-state index in [1.165, 1.54) is 9.21 Å². The fourth-order valence-corrected chi connectivity index (χ4v) is 6.67. The predicted octanol–water partition coefficient (Wildman–Crippen LogP) is 2.79. The molecule has 0 saturated heterocycles. The number of alkyl halides is 3. The standard InChI is InChI=1S/C17H23F3N2O5S2/c1-4-22(5-2)29(25,26)16-14(15(24)27-3)11-7-9-21(10-12(11)28-16)13(23)6-8-17(18,19)20/h4-10H2,1-3H3. The second-order valence-corrected chi connectivity index (χ2v) is 9.67. The third-order valence-corrected chi connectivity index (χ3v) is 8.43. The lowest BCUT2D eigenvalue weighted by molar-refractivity contribution is -0.149. The Balaban J connectivity index is 2.39. The summed E-state index contributed by atoms with van der Waals surface area (Å²) in [5, 5.41) is 0. The van der Waals surface area contributed by atoms with Crippen molar-refractivity contribution in [2.75, 3.05) is 26.7 Å². The molecule has 2 heterocycles. The van der Waals surface area contributed by atoms with Gasteiger partial charge in [-0.1, -0.05) is 13.8 Å². The number of halogens is 3. The average Bonchev–Trinajstić information content (AvgIpc) is 3.05. The largest absolute Gasteiger partial charge is 0.465 e. The molecule has 164 valence electrons. The van der Waals surface area contributed by atoms with Gasteiger partial charge in [-0.05, 0) is 12.0 Å². The number of thiophene rings is 1. The maximum atomic E-state index is 13.0. The topological polar surface area (TPSA) is 84.0 Å². The molecule has 0 fully saturated rings. The summed E-state index contributed by atoms with van der Waals surface area (Å²) in [4.78, 5) is 26.2. The molecule has 0 radical (unpaired) electrons. The van der Waals surface area contributed by atoms with E-state index in [2.05, 4.69) is 0 Å². The number of carbonyl (C=O) groups excluding carboxylic acids is 2. The summed E-state index contributed by atoms with van der Waals surface area (Å²) in [5.41, 5.74) is 0.439. The maximum Gasteiger partial charge on any atom is 0.389 e. The van der Waals surface area contributed by atoms with Gasteiger partial charge in [-0.2, -0.15) is 17.5 Å². The first kappa shape index (κ1) is 23.6. The van der Waals surface area contributed by atoms with Gasteiger partial charge in [0.15, 0.2) is 0 Å². The molecule has 0 atom stereocenters. The van der Waals surface area contributed by atoms with E-state index in [0.29, 0.717) is 10.4 Å². The van der Waals surface area contributed by atoms with Gasteiger partial charge in [-0.3, -0.25) is 4.79 Å². The van der Waals surface area contributed by atoms with E-state index in [1.807, 2.05) is 0 Å². The molecule has 1 aliphatic heterocycles. The van der Waals surface area contributed by atoms with Crippen molar-refractivity contribution >= 4 is 33.2 Å². The van der Waals surface area contributed by atoms with Gasteiger partial charge in [0.05, 0.1) is 25.6 Å². The third-order valence-electron chi connectivity index (χ3n) is 4.67. The summed E-state index contributed by atoms with van der Waals surface area (Å²) < 4.78 is 69.0. The lowest BCUT2D eigenvalue weighted by Gasteiger charge is -2.27. The summed E-state index contributed by atoms with van der Waals surface area (Å²) in [6.45, 7) is 3.85. The first-order chi connectivity index (χ1) is 13.5. The fraction of sp³-hybridized carbons (Fsp3) is 0.647. The van der Waals surface area contributed by atoms with Gasteiger partial charge < -0.3 is 9.64 Å². The second kappa shape index (κ2) is 9.00. The van der Waals surface area contributed by atoms with E-state index in [-0.39, 0.29) is 42.4 Å². The van der Waals surface area contributed by atoms with Crippen molar-refractivity contribution in [1.29, 1.82) is 0 Å². The highest BCUT2D eigenvalue weighted by molar-refractivity contribution is 7.91. The zero-order valence-corrected chi connectivity index (χ0v) is 18.0. The number of esters is 1. The minimum absolute atomic E-state index is 0.0333. The normalized spacial score (nSPS) is 14.8. The Morgan fingerprint density at radius 3 is 2.38 bits per heavy atom. The van der Waals surface area contributed by atoms with Crippen LogP contribution in [0, 0.1) is 0 Å². The zero-order chi connectivity index (χ0) is 22.0. The zero-order valence-electron chi connectivity index (χ0n) is 16.3. The van der Waals surface area contributed by atoms with Gasteiger partial charge in [0, 0.05) is 30.9 Å². The third kappa shape index (κ3) is 5.10. The molecule has 29 heavy (non-hydrogen) atoms. The van der Waals surface area contributed by atoms with Crippen molar-refractivity contribution in [2.45, 2.75) is 50.0 Å². The number of hydrogen-bond donors (Lipinski definition) is 0. The maximum absolute atomic E-state index is 13.0. The van der Waals surface area contributed by atoms with E-state index in [9.17, 15) is 31.2 Å². The molecular weight excluding hydrogens is 433 g/mol. The van der Waals surface area contributed by atoms with Crippen molar-refractivity contribution in [1.82, 2.24) is 9.21 Å². The van der Waals surface area contributed by atoms with Gasteiger partial charge in [0.2, 0.25) is 5.91 Å². The van der Waals surface area contributed by atoms with Crippen LogP contribution in [0.25, 0.3) is 0 Å². The minimum Gasteiger partial charge on any atom is -0.465 e. The van der Waals surface area contributed by atoms with Crippen molar-refractivity contribution in [3.05, 3.63) is 16.0 Å². The fourth-order valence-electron chi connectivity index (χ4n) is 3.17. The highest BCUT2D eigenvalue weighted by Gasteiger charge is 2.37. The molecule has 12 heteroatoms. The van der Waals surface area contributed by atoms with Crippen LogP contribution in [0.5, 0.6) is 0 Å². The van der Waals surface area contributed by atoms with Gasteiger partial charge >= 0.3 is 12.1 Å². The monoisotopic (exact) mass is 456 g/mol. The number of fused-ring (bicyclic) bond motifs is 1. The van der Waals surface area contributed by atoms with Crippen molar-refractivity contribution in [3.8, 4) is 0 Å². The number of carbonyl (C=O) groups is 2. The van der Waals surface area contributed by atoms with Crippen LogP contribution in [0.3, 0.4) is 0 Å². The first-order valence-corrected chi connectivity index (χ1v) is 11.3. The van der Waals surface area contributed by atoms with Gasteiger partial charge in [-0.25, -0.2) is 13.2 Å². The Hall–Kier alpha value is -1.66. The molecule has 0 N–H and O–H groups in total. The molecule has 1 amide bonds. The van der Waals surface area contributed by atoms with Gasteiger partial charge in [0.1, 0.15) is 4.21 Å². The molecule has 1 aliphatic rings. The molecule has 7 nitrogen and oxygen atoms in total. The molecule has 0 aliphatic carbocycles. The lowest BCUT2D eigenvalue weighted by Crippen LogP contribution is -2.36. The van der Waals surface area contributed by atoms with Crippen LogP contribution in [0.1, 0.15) is 47.5 Å². The Bertz CT molecular complexity index is 876. The van der Waals surface area contributed by atoms with E-state index in [1.54, 1.807) is 13.8 Å². The Morgan fingerprint density at radius 2 is 1.86 bits per heavy atom. The number of amides is 1. The summed E-state index contributed by atoms with van der Waals surface area (Å²) in [5.74, 6) is -1.45. The predicted molar refractivity (Wildman–Crippen MR) is 100 cm³/mol. The van der Waals surface area contributed by atoms with E-state index in [4.69, 9.17) is 4.74 Å². The number of ether oxygens (including phenoxy) is 1. The van der Waals surface area contributed by atoms with Crippen molar-refractivity contribution in [2.24, 2.45) is 0 Å². The molecular formula is C17H23F3N2O5S2. The van der Waals surface area contributed by atoms with Gasteiger partial charge in [-0.15, -0.1) is 11.3 Å². The second-order valence-electron chi connectivity index (χ2n) is 6.43. The van der Waals surface area contributed by atoms with E-state index in [0.717, 1.165) is 18.4 Å². The SMILES string of the molecule is CCN(CC)S(=O)(=O)c1sc2c(c1C(=O)OC)CCN(C(=O)CCC(F)(F)F)C2. The first-order valence-electron chi connectivity index (χ1n) is 9.03. The van der Waals surface area contributed by atoms with Crippen LogP contribution >= 0.6 is 11.3 Å². The van der Waals surface area contributed by atoms with Gasteiger partial charge in [0.25, 0.3) is 10.0 Å². The van der Waals surface area contributed by atoms with Crippen LogP contribution < -0.4 is 0 Å². The lowest BCUT2D eigenvalue weighted by atomic mass is 10.0. The summed E-state index contributed by atoms with van der Waals surface area (Å²) in [6, 6.07) is 0. The molecule has 1 aromatic rings. The van der Waals surface area contributed by atoms with Crippen LogP contribution in [0.15, 0.2) is 4.21 Å². The minimum atomic E-state index is -4.43. The Kier molecular flexibility index (Phi) is 7.33. The molecule has 0 spiro atoms. The highest BCUT2D eigenvalue weighted by Crippen LogP contribution is 2.38. The van der Waals surface area contributed by atoms with Crippen LogP contribution in [-0.2, 0) is 32.5 Å². The number of hydrogen-bond acceptors (Lipinski definition) is 6. The molecule has 0 bridgehead atoms. The molecule has 0 saturated carbocycles. The smallest absolute Gasteiger partial charge is 0.389 e. The number of sulfonamides is 1. The summed E-state index contributed by atoms with van der Waals surface area (Å²) in [7, 11) is -2.80. The molecule has 0 aromatic carbocycles. The molecule has 2 rings (SSSR count). The van der Waals surface area contributed by atoms with Crippen molar-refractivity contribution in [3.63, 3.8) is 0 Å². The number of rotatable bonds is 7. The van der Waals surface area contributed by atoms with E-state index >= 15 is 0 Å². The summed E-state index contributed by atoms with van der Waals surface area (Å²) >= 11 is 0.870. The molecule has 1 aromatic heterocycles. The van der Waals surface area contributed by atoms with Crippen LogP contribution in [0.4, 0.5) is 13.2 Å². The van der Waals surface area contributed by atoms with Crippen molar-refractivity contribution < 1.29 is 35.9 Å². The van der Waals surface area contributed by atoms with E-state index < -0.39 is 40.9 Å². The summed E-state index contributed by atoms with van der Waals surface area (Å²) in [6.07, 6.45) is -6.14. The number of methoxy groups -OCH3 is 1. The quantitative estimate of drug-likeness (QED) is 0.589. The Morgan fingerprint density at radius 1 is 1.24 bits per heavy atom. The number of nitrogens with zero attached hydrogens (tertiary/aromatic N) is 2. The highest BCUT2D eigenvalue weighted by atomic mass is 32.2. The molecule has 0 unspecified atom stereocenters. The average molecular weight is 457 g/mol. The Labute approximate surface area is 171 Å².